The number of amides is 10. The number of carbonyl (C=O) groups is 10. The monoisotopic (exact) mass is 1090 g/mol. The average Bonchev–Trinajstić information content (AvgIpc) is 3.39. The van der Waals surface area contributed by atoms with Gasteiger partial charge in [-0.25, -0.2) is 0 Å². The van der Waals surface area contributed by atoms with Gasteiger partial charge in [0.1, 0.15) is 54.4 Å². The summed E-state index contributed by atoms with van der Waals surface area (Å²) in [6.45, 7) is 13.2. The Kier molecular flexibility index (Phi) is 29.8. The van der Waals surface area contributed by atoms with Gasteiger partial charge in [-0.3, -0.25) is 47.9 Å². The lowest BCUT2D eigenvalue weighted by Gasteiger charge is -2.30. The van der Waals surface area contributed by atoms with Crippen LogP contribution in [0.15, 0.2) is 60.7 Å². The van der Waals surface area contributed by atoms with Gasteiger partial charge < -0.3 is 75.9 Å². The first-order valence-electron chi connectivity index (χ1n) is 26.7. The lowest BCUT2D eigenvalue weighted by atomic mass is 9.97. The summed E-state index contributed by atoms with van der Waals surface area (Å²) in [5, 5.41) is 33.5. The van der Waals surface area contributed by atoms with Crippen molar-refractivity contribution < 1.29 is 53.1 Å². The number of rotatable bonds is 35. The Hall–Kier alpha value is -7.02. The van der Waals surface area contributed by atoms with Crippen LogP contribution in [0.4, 0.5) is 0 Å². The Bertz CT molecular complexity index is 2270. The number of benzene rings is 2. The molecule has 24 heteroatoms. The molecule has 434 valence electrons. The highest BCUT2D eigenvalue weighted by Gasteiger charge is 2.37. The third kappa shape index (κ3) is 22.9. The topological polar surface area (TPSA) is 403 Å². The molecule has 0 spiro atoms. The first kappa shape index (κ1) is 67.1. The van der Waals surface area contributed by atoms with Crippen LogP contribution in [0.2, 0.25) is 0 Å². The van der Waals surface area contributed by atoms with E-state index < -0.39 is 132 Å². The van der Waals surface area contributed by atoms with Crippen molar-refractivity contribution in [3.8, 4) is 0 Å². The summed E-state index contributed by atoms with van der Waals surface area (Å²) < 4.78 is 0. The van der Waals surface area contributed by atoms with E-state index in [2.05, 4.69) is 47.9 Å². The van der Waals surface area contributed by atoms with Crippen molar-refractivity contribution in [3.63, 3.8) is 0 Å². The van der Waals surface area contributed by atoms with Gasteiger partial charge in [0.25, 0.3) is 5.91 Å². The minimum atomic E-state index is -1.40. The molecule has 78 heavy (non-hydrogen) atoms. The van der Waals surface area contributed by atoms with E-state index in [0.29, 0.717) is 17.5 Å². The van der Waals surface area contributed by atoms with E-state index in [0.717, 1.165) is 0 Å². The molecule has 0 bridgehead atoms. The molecule has 24 nitrogen and oxygen atoms in total. The normalized spacial score (nSPS) is 15.1. The molecule has 0 saturated heterocycles. The van der Waals surface area contributed by atoms with Gasteiger partial charge in [0.15, 0.2) is 0 Å². The van der Waals surface area contributed by atoms with Crippen molar-refractivity contribution in [2.24, 2.45) is 46.6 Å². The van der Waals surface area contributed by atoms with E-state index in [-0.39, 0.29) is 70.0 Å². The number of aliphatic hydroxyl groups is 1. The first-order valence-corrected chi connectivity index (χ1v) is 26.7. The molecule has 0 aliphatic rings. The molecule has 0 aliphatic carbocycles. The fourth-order valence-electron chi connectivity index (χ4n) is 8.17. The van der Waals surface area contributed by atoms with Crippen LogP contribution in [0.5, 0.6) is 0 Å². The van der Waals surface area contributed by atoms with Crippen LogP contribution in [0.3, 0.4) is 0 Å². The highest BCUT2D eigenvalue weighted by Crippen LogP contribution is 2.14. The predicted octanol–water partition coefficient (Wildman–Crippen LogP) is -1.78. The minimum Gasteiger partial charge on any atom is -0.394 e. The fraction of sp³-hybridized carbons (Fsp3) is 0.593. The van der Waals surface area contributed by atoms with Crippen LogP contribution in [0, 0.1) is 23.7 Å². The van der Waals surface area contributed by atoms with Gasteiger partial charge in [-0.15, -0.1) is 0 Å². The second kappa shape index (κ2) is 34.7. The van der Waals surface area contributed by atoms with Crippen LogP contribution in [-0.2, 0) is 49.6 Å². The fourth-order valence-corrected chi connectivity index (χ4v) is 8.17. The Morgan fingerprint density at radius 2 is 0.808 bits per heavy atom. The van der Waals surface area contributed by atoms with Crippen molar-refractivity contribution >= 4 is 59.1 Å². The number of aliphatic hydroxyl groups excluding tert-OH is 1. The van der Waals surface area contributed by atoms with Crippen LogP contribution < -0.4 is 70.8 Å². The molecule has 0 saturated carbocycles. The van der Waals surface area contributed by atoms with Crippen molar-refractivity contribution in [1.29, 1.82) is 0 Å². The quantitative estimate of drug-likeness (QED) is 0.0363. The first-order chi connectivity index (χ1) is 36.9. The molecule has 10 amide bonds. The molecule has 0 fully saturated rings. The number of hydrogen-bond donors (Lipinski definition) is 14. The van der Waals surface area contributed by atoms with Gasteiger partial charge in [-0.2, -0.15) is 0 Å². The molecule has 18 N–H and O–H groups in total. The van der Waals surface area contributed by atoms with Crippen LogP contribution >= 0.6 is 0 Å². The zero-order valence-electron chi connectivity index (χ0n) is 46.4. The summed E-state index contributed by atoms with van der Waals surface area (Å²) >= 11 is 0. The average molecular weight is 1090 g/mol. The molecular formula is C54H87N13O11. The summed E-state index contributed by atoms with van der Waals surface area (Å²) in [6, 6.07) is 5.64. The van der Waals surface area contributed by atoms with E-state index in [1.807, 2.05) is 20.8 Å². The summed E-state index contributed by atoms with van der Waals surface area (Å²) in [5.41, 5.74) is 23.9. The van der Waals surface area contributed by atoms with Gasteiger partial charge in [-0.05, 0) is 93.1 Å². The van der Waals surface area contributed by atoms with E-state index in [1.165, 1.54) is 0 Å². The van der Waals surface area contributed by atoms with E-state index >= 15 is 0 Å². The summed E-state index contributed by atoms with van der Waals surface area (Å²) in [5.74, 6) is -8.89. The molecule has 10 atom stereocenters. The Labute approximate surface area is 458 Å². The van der Waals surface area contributed by atoms with Gasteiger partial charge in [0, 0.05) is 12.0 Å². The SMILES string of the molecule is CC[C@H](C)[C@H](NC(=O)[C@H](CCN)NC(=O)c1ccccc1)C(=O)N[C@@H](CCN)C(=O)N[C@H](Cc1ccccc1)C(=O)N[C@@H](CC(C)C)C(=O)N[C@@H](CCN)C(=O)N[C@@H](C(=O)N[C@@H](CC(C)C)C(=O)N[C@@H](CO)C(N)=O)C(C)C. The highest BCUT2D eigenvalue weighted by molar-refractivity contribution is 6.00. The second-order valence-electron chi connectivity index (χ2n) is 20.6. The van der Waals surface area contributed by atoms with E-state index in [4.69, 9.17) is 22.9 Å². The maximum Gasteiger partial charge on any atom is 0.251 e. The number of nitrogens with two attached hydrogens (primary N) is 4. The molecule has 2 aromatic rings. The van der Waals surface area contributed by atoms with Crippen molar-refractivity contribution in [3.05, 3.63) is 71.8 Å². The Morgan fingerprint density at radius 3 is 1.24 bits per heavy atom. The zero-order valence-corrected chi connectivity index (χ0v) is 46.4. The maximum atomic E-state index is 14.5. The second-order valence-corrected chi connectivity index (χ2v) is 20.6. The Morgan fingerprint density at radius 1 is 0.449 bits per heavy atom. The molecule has 0 unspecified atom stereocenters. The van der Waals surface area contributed by atoms with Gasteiger partial charge >= 0.3 is 0 Å². The molecule has 0 heterocycles. The molecule has 2 rings (SSSR count). The highest BCUT2D eigenvalue weighted by atomic mass is 16.3. The number of carbonyl (C=O) groups excluding carboxylic acids is 10. The van der Waals surface area contributed by atoms with Gasteiger partial charge in [0.2, 0.25) is 53.2 Å². The van der Waals surface area contributed by atoms with Crippen molar-refractivity contribution in [2.45, 2.75) is 155 Å². The van der Waals surface area contributed by atoms with Crippen LogP contribution in [-0.4, -0.2) is 145 Å². The van der Waals surface area contributed by atoms with Crippen molar-refractivity contribution in [2.75, 3.05) is 26.2 Å². The number of hydrogen-bond acceptors (Lipinski definition) is 14. The standard InChI is InChI=1S/C54H87N13O11/c1-9-33(8)44(67-49(73)37(21-24-56)59-46(70)35-18-14-11-15-19-35)54(78)61-36(20-23-55)47(71)63-41(28-34-16-12-10-13-17-34)52(76)62-39(26-30(2)3)50(74)60-38(22-25-57)48(72)66-43(32(6)7)53(77)64-40(27-31(4)5)51(75)65-42(29-68)45(58)69/h10-19,30-33,36-44,68H,9,20-29,55-57H2,1-8H3,(H2,58,69)(H,59,70)(H,60,74)(H,61,78)(H,62,76)(H,63,71)(H,64,77)(H,65,75)(H,66,72)(H,67,73)/t33-,36-,37-,38-,39-,40-,41+,42-,43+,44-/m0/s1. The number of nitrogens with one attached hydrogen (secondary N) is 9. The third-order valence-corrected chi connectivity index (χ3v) is 12.8. The van der Waals surface area contributed by atoms with Gasteiger partial charge in [-0.1, -0.05) is 110 Å². The largest absolute Gasteiger partial charge is 0.394 e. The summed E-state index contributed by atoms with van der Waals surface area (Å²) in [4.78, 5) is 137. The van der Waals surface area contributed by atoms with E-state index in [9.17, 15) is 53.1 Å². The zero-order chi connectivity index (χ0) is 58.6. The minimum absolute atomic E-state index is 0.0426. The van der Waals surface area contributed by atoms with E-state index in [1.54, 1.807) is 95.3 Å². The van der Waals surface area contributed by atoms with Crippen LogP contribution in [0.1, 0.15) is 110 Å². The summed E-state index contributed by atoms with van der Waals surface area (Å²) in [7, 11) is 0. The number of primary amides is 1. The van der Waals surface area contributed by atoms with Crippen LogP contribution in [0.25, 0.3) is 0 Å². The Balaban J connectivity index is 2.40. The maximum absolute atomic E-state index is 14.5. The van der Waals surface area contributed by atoms with Gasteiger partial charge in [0.05, 0.1) is 6.61 Å². The van der Waals surface area contributed by atoms with Crippen molar-refractivity contribution in [1.82, 2.24) is 47.9 Å². The predicted molar refractivity (Wildman–Crippen MR) is 294 cm³/mol. The summed E-state index contributed by atoms with van der Waals surface area (Å²) in [6.07, 6.45) is 0.438. The molecule has 2 aromatic carbocycles. The molecule has 0 aliphatic heterocycles. The molecule has 0 aromatic heterocycles. The lowest BCUT2D eigenvalue weighted by molar-refractivity contribution is -0.136. The third-order valence-electron chi connectivity index (χ3n) is 12.8. The smallest absolute Gasteiger partial charge is 0.251 e. The molecule has 0 radical (unpaired) electrons. The molecular weight excluding hydrogens is 1010 g/mol. The lowest BCUT2D eigenvalue weighted by Crippen LogP contribution is -2.62.